The van der Waals surface area contributed by atoms with E-state index in [0.29, 0.717) is 18.5 Å². The first kappa shape index (κ1) is 14.3. The van der Waals surface area contributed by atoms with Crippen LogP contribution in [0.3, 0.4) is 0 Å². The summed E-state index contributed by atoms with van der Waals surface area (Å²) in [4.78, 5) is 25.3. The fourth-order valence-electron chi connectivity index (χ4n) is 2.83. The van der Waals surface area contributed by atoms with E-state index >= 15 is 0 Å². The highest BCUT2D eigenvalue weighted by Crippen LogP contribution is 2.29. The number of carbonyl (C=O) groups excluding carboxylic acids is 1. The molecule has 2 heterocycles. The fraction of sp³-hybridized carbons (Fsp3) is 0.312. The molecule has 6 heteroatoms. The van der Waals surface area contributed by atoms with Crippen molar-refractivity contribution >= 4 is 11.9 Å². The molecule has 1 atom stereocenters. The van der Waals surface area contributed by atoms with Gasteiger partial charge < -0.3 is 10.0 Å². The van der Waals surface area contributed by atoms with Crippen molar-refractivity contribution in [1.82, 2.24) is 14.7 Å². The minimum absolute atomic E-state index is 0.220. The number of carboxylic acid groups (broad SMARTS) is 1. The van der Waals surface area contributed by atoms with Gasteiger partial charge in [-0.05, 0) is 24.1 Å². The molecule has 1 amide bonds. The van der Waals surface area contributed by atoms with Crippen molar-refractivity contribution in [2.45, 2.75) is 25.9 Å². The number of aromatic nitrogens is 2. The van der Waals surface area contributed by atoms with Gasteiger partial charge in [0.1, 0.15) is 6.04 Å². The van der Waals surface area contributed by atoms with E-state index in [1.807, 2.05) is 31.4 Å². The van der Waals surface area contributed by atoms with E-state index in [4.69, 9.17) is 0 Å². The maximum Gasteiger partial charge on any atom is 0.326 e. The quantitative estimate of drug-likeness (QED) is 0.935. The van der Waals surface area contributed by atoms with Gasteiger partial charge in [-0.2, -0.15) is 5.10 Å². The number of hydrogen-bond donors (Lipinski definition) is 1. The van der Waals surface area contributed by atoms with Crippen LogP contribution >= 0.6 is 0 Å². The third kappa shape index (κ3) is 2.26. The second-order valence-corrected chi connectivity index (χ2v) is 5.44. The van der Waals surface area contributed by atoms with Gasteiger partial charge in [0.25, 0.3) is 5.91 Å². The van der Waals surface area contributed by atoms with Crippen molar-refractivity contribution in [3.05, 3.63) is 41.6 Å². The van der Waals surface area contributed by atoms with Crippen LogP contribution in [0.15, 0.2) is 30.5 Å². The van der Waals surface area contributed by atoms with E-state index in [1.165, 1.54) is 4.90 Å². The lowest BCUT2D eigenvalue weighted by atomic mass is 10.0. The molecule has 1 aromatic heterocycles. The van der Waals surface area contributed by atoms with Gasteiger partial charge in [0.05, 0.1) is 5.69 Å². The third-order valence-corrected chi connectivity index (χ3v) is 4.00. The molecule has 0 aliphatic carbocycles. The number of benzene rings is 1. The number of rotatable bonds is 4. The lowest BCUT2D eigenvalue weighted by Gasteiger charge is -2.22. The highest BCUT2D eigenvalue weighted by molar-refractivity contribution is 6.01. The third-order valence-electron chi connectivity index (χ3n) is 4.00. The second kappa shape index (κ2) is 5.29. The average Bonchev–Trinajstić information content (AvgIpc) is 3.04. The molecule has 22 heavy (non-hydrogen) atoms. The minimum atomic E-state index is -0.964. The van der Waals surface area contributed by atoms with Crippen LogP contribution in [0.2, 0.25) is 0 Å². The van der Waals surface area contributed by atoms with Crippen LogP contribution in [-0.4, -0.2) is 37.7 Å². The fourth-order valence-corrected chi connectivity index (χ4v) is 2.83. The molecule has 3 rings (SSSR count). The van der Waals surface area contributed by atoms with Crippen LogP contribution in [0.1, 0.15) is 29.3 Å². The zero-order chi connectivity index (χ0) is 15.9. The van der Waals surface area contributed by atoms with Crippen LogP contribution in [0.5, 0.6) is 0 Å². The van der Waals surface area contributed by atoms with Crippen LogP contribution in [0.4, 0.5) is 0 Å². The summed E-state index contributed by atoms with van der Waals surface area (Å²) in [6.45, 7) is 2.12. The summed E-state index contributed by atoms with van der Waals surface area (Å²) in [5.41, 5.74) is 3.09. The molecule has 0 bridgehead atoms. The summed E-state index contributed by atoms with van der Waals surface area (Å²) in [5.74, 6) is -1.18. The average molecular weight is 299 g/mol. The SMILES string of the molecule is CCC(C(=O)O)N1Cc2ccc(-c3ccn(C)n3)cc2C1=O. The Bertz CT molecular complexity index is 751. The molecule has 1 N–H and O–H groups in total. The maximum atomic E-state index is 12.5. The zero-order valence-corrected chi connectivity index (χ0v) is 12.5. The first-order chi connectivity index (χ1) is 10.5. The molecule has 6 nitrogen and oxygen atoms in total. The van der Waals surface area contributed by atoms with Gasteiger partial charge in [-0.15, -0.1) is 0 Å². The number of aliphatic carboxylic acids is 1. The number of carboxylic acids is 1. The molecule has 1 aliphatic rings. The molecular weight excluding hydrogens is 282 g/mol. The summed E-state index contributed by atoms with van der Waals surface area (Å²) in [5, 5.41) is 13.6. The number of nitrogens with zero attached hydrogens (tertiary/aromatic N) is 3. The predicted molar refractivity (Wildman–Crippen MR) is 80.2 cm³/mol. The van der Waals surface area contributed by atoms with E-state index in [-0.39, 0.29) is 5.91 Å². The summed E-state index contributed by atoms with van der Waals surface area (Å²) >= 11 is 0. The van der Waals surface area contributed by atoms with Gasteiger partial charge in [-0.3, -0.25) is 9.48 Å². The molecule has 1 aliphatic heterocycles. The van der Waals surface area contributed by atoms with E-state index < -0.39 is 12.0 Å². The largest absolute Gasteiger partial charge is 0.480 e. The Hall–Kier alpha value is -2.63. The minimum Gasteiger partial charge on any atom is -0.480 e. The Morgan fingerprint density at radius 2 is 2.18 bits per heavy atom. The van der Waals surface area contributed by atoms with Crippen molar-refractivity contribution in [3.63, 3.8) is 0 Å². The van der Waals surface area contributed by atoms with Gasteiger partial charge in [-0.25, -0.2) is 4.79 Å². The standard InChI is InChI=1S/C16H17N3O3/c1-3-14(16(21)22)19-9-11-5-4-10(8-12(11)15(19)20)13-6-7-18(2)17-13/h4-8,14H,3,9H2,1-2H3,(H,21,22). The summed E-state index contributed by atoms with van der Waals surface area (Å²) in [6.07, 6.45) is 2.23. The Labute approximate surface area is 128 Å². The highest BCUT2D eigenvalue weighted by Gasteiger charge is 2.35. The lowest BCUT2D eigenvalue weighted by Crippen LogP contribution is -2.40. The number of carbonyl (C=O) groups is 2. The normalized spacial score (nSPS) is 15.0. The first-order valence-electron chi connectivity index (χ1n) is 7.18. The molecule has 0 radical (unpaired) electrons. The number of amides is 1. The smallest absolute Gasteiger partial charge is 0.326 e. The van der Waals surface area contributed by atoms with E-state index in [0.717, 1.165) is 16.8 Å². The van der Waals surface area contributed by atoms with Crippen molar-refractivity contribution in [1.29, 1.82) is 0 Å². The lowest BCUT2D eigenvalue weighted by molar-refractivity contribution is -0.142. The van der Waals surface area contributed by atoms with E-state index in [2.05, 4.69) is 5.10 Å². The molecular formula is C16H17N3O3. The summed E-state index contributed by atoms with van der Waals surface area (Å²) in [7, 11) is 1.84. The van der Waals surface area contributed by atoms with E-state index in [9.17, 15) is 14.7 Å². The first-order valence-corrected chi connectivity index (χ1v) is 7.18. The Morgan fingerprint density at radius 1 is 1.41 bits per heavy atom. The molecule has 114 valence electrons. The molecule has 0 fully saturated rings. The molecule has 1 unspecified atom stereocenters. The molecule has 0 saturated carbocycles. The van der Waals surface area contributed by atoms with Gasteiger partial charge >= 0.3 is 5.97 Å². The molecule has 2 aromatic rings. The predicted octanol–water partition coefficient (Wildman–Crippen LogP) is 1.91. The second-order valence-electron chi connectivity index (χ2n) is 5.44. The molecule has 0 spiro atoms. The number of fused-ring (bicyclic) bond motifs is 1. The van der Waals surface area contributed by atoms with Gasteiger partial charge in [0.15, 0.2) is 0 Å². The van der Waals surface area contributed by atoms with Gasteiger partial charge in [0.2, 0.25) is 0 Å². The zero-order valence-electron chi connectivity index (χ0n) is 12.5. The van der Waals surface area contributed by atoms with Crippen LogP contribution in [0, 0.1) is 0 Å². The van der Waals surface area contributed by atoms with Crippen molar-refractivity contribution in [2.75, 3.05) is 0 Å². The Kier molecular flexibility index (Phi) is 3.44. The Balaban J connectivity index is 1.95. The van der Waals surface area contributed by atoms with Gasteiger partial charge in [-0.1, -0.05) is 19.1 Å². The Morgan fingerprint density at radius 3 is 2.77 bits per heavy atom. The molecule has 1 aromatic carbocycles. The number of hydrogen-bond acceptors (Lipinski definition) is 3. The molecule has 0 saturated heterocycles. The van der Waals surface area contributed by atoms with Crippen LogP contribution < -0.4 is 0 Å². The van der Waals surface area contributed by atoms with Crippen LogP contribution in [0.25, 0.3) is 11.3 Å². The topological polar surface area (TPSA) is 75.4 Å². The van der Waals surface area contributed by atoms with E-state index in [1.54, 1.807) is 17.7 Å². The van der Waals surface area contributed by atoms with Crippen molar-refractivity contribution < 1.29 is 14.7 Å². The highest BCUT2D eigenvalue weighted by atomic mass is 16.4. The van der Waals surface area contributed by atoms with Gasteiger partial charge in [0, 0.05) is 30.9 Å². The number of aryl methyl sites for hydroxylation is 1. The monoisotopic (exact) mass is 299 g/mol. The summed E-state index contributed by atoms with van der Waals surface area (Å²) in [6, 6.07) is 6.70. The maximum absolute atomic E-state index is 12.5. The van der Waals surface area contributed by atoms with Crippen molar-refractivity contribution in [3.8, 4) is 11.3 Å². The summed E-state index contributed by atoms with van der Waals surface area (Å²) < 4.78 is 1.70. The van der Waals surface area contributed by atoms with Crippen molar-refractivity contribution in [2.24, 2.45) is 7.05 Å². The van der Waals surface area contributed by atoms with Crippen LogP contribution in [-0.2, 0) is 18.4 Å².